The molecule has 0 bridgehead atoms. The highest BCUT2D eigenvalue weighted by Gasteiger charge is 2.28. The average Bonchev–Trinajstić information content (AvgIpc) is 3.15. The van der Waals surface area contributed by atoms with Crippen molar-refractivity contribution in [2.24, 2.45) is 0 Å². The molecule has 1 amide bonds. The first-order valence-electron chi connectivity index (χ1n) is 23.7. The molecule has 9 heteroatoms. The van der Waals surface area contributed by atoms with Crippen LogP contribution in [0.3, 0.4) is 0 Å². The minimum Gasteiger partial charge on any atom is -0.391 e. The zero-order valence-corrected chi connectivity index (χ0v) is 38.5. The van der Waals surface area contributed by atoms with E-state index in [1.807, 2.05) is 21.1 Å². The maximum Gasteiger partial charge on any atom is 0.472 e. The molecule has 0 fully saturated rings. The van der Waals surface area contributed by atoms with Gasteiger partial charge >= 0.3 is 7.82 Å². The van der Waals surface area contributed by atoms with Gasteiger partial charge in [-0.1, -0.05) is 199 Å². The van der Waals surface area contributed by atoms with Gasteiger partial charge in [0, 0.05) is 6.42 Å². The first-order valence-corrected chi connectivity index (χ1v) is 25.2. The summed E-state index contributed by atoms with van der Waals surface area (Å²) >= 11 is 0. The number of carbonyl (C=O) groups is 1. The number of phosphoric ester groups is 1. The van der Waals surface area contributed by atoms with E-state index in [1.165, 1.54) is 154 Å². The third-order valence-corrected chi connectivity index (χ3v) is 11.7. The Morgan fingerprint density at radius 2 is 1.00 bits per heavy atom. The quantitative estimate of drug-likeness (QED) is 0.0245. The molecule has 0 saturated heterocycles. The molecular formula is C47H94N2O6P+. The van der Waals surface area contributed by atoms with Crippen LogP contribution >= 0.6 is 7.82 Å². The second-order valence-corrected chi connectivity index (χ2v) is 19.0. The van der Waals surface area contributed by atoms with Gasteiger partial charge in [0.25, 0.3) is 0 Å². The Bertz CT molecular complexity index is 969. The van der Waals surface area contributed by atoms with E-state index < -0.39 is 20.0 Å². The van der Waals surface area contributed by atoms with Gasteiger partial charge in [0.05, 0.1) is 39.9 Å². The molecule has 0 aromatic heterocycles. The van der Waals surface area contributed by atoms with Crippen LogP contribution in [0.25, 0.3) is 0 Å². The van der Waals surface area contributed by atoms with Crippen molar-refractivity contribution in [1.29, 1.82) is 0 Å². The summed E-state index contributed by atoms with van der Waals surface area (Å²) in [6, 6.07) is -0.759. The number of hydrogen-bond donors (Lipinski definition) is 3. The summed E-state index contributed by atoms with van der Waals surface area (Å²) in [5.74, 6) is -0.147. The van der Waals surface area contributed by atoms with E-state index >= 15 is 0 Å². The predicted molar refractivity (Wildman–Crippen MR) is 240 cm³/mol. The van der Waals surface area contributed by atoms with Gasteiger partial charge in [0.2, 0.25) is 5.91 Å². The number of likely N-dealkylation sites (N-methyl/N-ethyl adjacent to an activating group) is 1. The van der Waals surface area contributed by atoms with E-state index in [4.69, 9.17) is 9.05 Å². The summed E-state index contributed by atoms with van der Waals surface area (Å²) in [6.45, 7) is 4.87. The SMILES string of the molecule is CCCCC/C=C\C=C/CCCCCCCCCCCCC(=O)NC(COP(=O)(O)OCC[N+](C)(C)C)C(O)CCCCCCCCCCCCCCCCC. The first kappa shape index (κ1) is 55.0. The lowest BCUT2D eigenvalue weighted by Gasteiger charge is -2.26. The number of aliphatic hydroxyl groups is 1. The highest BCUT2D eigenvalue weighted by molar-refractivity contribution is 7.47. The monoisotopic (exact) mass is 814 g/mol. The second-order valence-electron chi connectivity index (χ2n) is 17.5. The van der Waals surface area contributed by atoms with Crippen LogP contribution in [0.4, 0.5) is 0 Å². The normalized spacial score (nSPS) is 14.5. The van der Waals surface area contributed by atoms with Crippen molar-refractivity contribution in [3.8, 4) is 0 Å². The van der Waals surface area contributed by atoms with Gasteiger partial charge < -0.3 is 19.8 Å². The summed E-state index contributed by atoms with van der Waals surface area (Å²) in [6.07, 6.45) is 46.2. The van der Waals surface area contributed by atoms with E-state index in [0.29, 0.717) is 23.9 Å². The summed E-state index contributed by atoms with van der Waals surface area (Å²) in [5.41, 5.74) is 0. The Kier molecular flexibility index (Phi) is 38.7. The lowest BCUT2D eigenvalue weighted by molar-refractivity contribution is -0.870. The van der Waals surface area contributed by atoms with E-state index in [9.17, 15) is 19.4 Å². The van der Waals surface area contributed by atoms with Crippen LogP contribution in [0, 0.1) is 0 Å². The molecular weight excluding hydrogens is 719 g/mol. The number of nitrogens with zero attached hydrogens (tertiary/aromatic N) is 1. The Morgan fingerprint density at radius 1 is 0.607 bits per heavy atom. The fraction of sp³-hybridized carbons (Fsp3) is 0.894. The molecule has 8 nitrogen and oxygen atoms in total. The zero-order valence-electron chi connectivity index (χ0n) is 37.6. The largest absolute Gasteiger partial charge is 0.472 e. The number of unbranched alkanes of at least 4 members (excludes halogenated alkanes) is 27. The number of phosphoric acid groups is 1. The smallest absolute Gasteiger partial charge is 0.391 e. The summed E-state index contributed by atoms with van der Waals surface area (Å²) < 4.78 is 23.7. The summed E-state index contributed by atoms with van der Waals surface area (Å²) in [5, 5.41) is 14.0. The van der Waals surface area contributed by atoms with Crippen LogP contribution in [0.2, 0.25) is 0 Å². The van der Waals surface area contributed by atoms with E-state index in [-0.39, 0.29) is 19.1 Å². The Labute approximate surface area is 347 Å². The van der Waals surface area contributed by atoms with Gasteiger partial charge in [-0.25, -0.2) is 4.57 Å². The molecule has 3 N–H and O–H groups in total. The number of carbonyl (C=O) groups excluding carboxylic acids is 1. The zero-order chi connectivity index (χ0) is 41.4. The van der Waals surface area contributed by atoms with Crippen LogP contribution in [0.5, 0.6) is 0 Å². The Morgan fingerprint density at radius 3 is 1.46 bits per heavy atom. The van der Waals surface area contributed by atoms with E-state index in [0.717, 1.165) is 38.5 Å². The third-order valence-electron chi connectivity index (χ3n) is 10.7. The topological polar surface area (TPSA) is 105 Å². The minimum atomic E-state index is -4.31. The molecule has 0 radical (unpaired) electrons. The molecule has 3 unspecified atom stereocenters. The minimum absolute atomic E-state index is 0.0748. The number of amides is 1. The molecule has 0 aromatic rings. The molecule has 3 atom stereocenters. The van der Waals surface area contributed by atoms with Gasteiger partial charge in [-0.3, -0.25) is 13.8 Å². The van der Waals surface area contributed by atoms with Crippen LogP contribution in [0.1, 0.15) is 219 Å². The van der Waals surface area contributed by atoms with Crippen molar-refractivity contribution in [1.82, 2.24) is 5.32 Å². The number of aliphatic hydroxyl groups excluding tert-OH is 1. The maximum atomic E-state index is 12.9. The third kappa shape index (κ3) is 41.2. The van der Waals surface area contributed by atoms with Crippen molar-refractivity contribution < 1.29 is 32.9 Å². The highest BCUT2D eigenvalue weighted by atomic mass is 31.2. The Hall–Kier alpha value is -1.02. The number of hydrogen-bond acceptors (Lipinski definition) is 5. The molecule has 0 aliphatic heterocycles. The van der Waals surface area contributed by atoms with Crippen molar-refractivity contribution in [3.63, 3.8) is 0 Å². The van der Waals surface area contributed by atoms with Gasteiger partial charge in [-0.2, -0.15) is 0 Å². The molecule has 0 rings (SSSR count). The molecule has 0 aliphatic carbocycles. The highest BCUT2D eigenvalue weighted by Crippen LogP contribution is 2.43. The van der Waals surface area contributed by atoms with Crippen LogP contribution in [-0.2, 0) is 18.4 Å². The first-order chi connectivity index (χ1) is 27.0. The van der Waals surface area contributed by atoms with E-state index in [2.05, 4.69) is 43.5 Å². The summed E-state index contributed by atoms with van der Waals surface area (Å²) in [4.78, 5) is 23.2. The molecule has 0 aliphatic rings. The number of allylic oxidation sites excluding steroid dienone is 4. The van der Waals surface area contributed by atoms with Crippen LogP contribution in [-0.4, -0.2) is 73.4 Å². The molecule has 332 valence electrons. The van der Waals surface area contributed by atoms with Crippen molar-refractivity contribution >= 4 is 13.7 Å². The average molecular weight is 814 g/mol. The fourth-order valence-electron chi connectivity index (χ4n) is 6.92. The molecule has 0 aromatic carbocycles. The molecule has 0 heterocycles. The molecule has 56 heavy (non-hydrogen) atoms. The van der Waals surface area contributed by atoms with E-state index in [1.54, 1.807) is 0 Å². The number of quaternary nitrogens is 1. The summed E-state index contributed by atoms with van der Waals surface area (Å²) in [7, 11) is 1.62. The molecule has 0 saturated carbocycles. The van der Waals surface area contributed by atoms with Crippen molar-refractivity contribution in [2.75, 3.05) is 40.9 Å². The molecule has 0 spiro atoms. The van der Waals surface area contributed by atoms with Crippen molar-refractivity contribution in [3.05, 3.63) is 24.3 Å². The predicted octanol–water partition coefficient (Wildman–Crippen LogP) is 13.3. The maximum absolute atomic E-state index is 12.9. The standard InChI is InChI=1S/C47H93N2O6P/c1-6-8-10-12-14-16-18-20-22-23-24-25-27-29-31-33-35-37-39-41-47(51)48-45(44-55-56(52,53)54-43-42-49(3,4)5)46(50)40-38-36-34-32-30-28-26-21-19-17-15-13-11-9-7-2/h14,16,18,20,45-46,50H,6-13,15,17,19,21-44H2,1-5H3,(H-,48,51,52,53)/p+1/b16-14-,20-18-. The fourth-order valence-corrected chi connectivity index (χ4v) is 7.66. The van der Waals surface area contributed by atoms with Gasteiger partial charge in [0.15, 0.2) is 0 Å². The van der Waals surface area contributed by atoms with Gasteiger partial charge in [0.1, 0.15) is 13.2 Å². The number of rotatable bonds is 43. The second kappa shape index (κ2) is 39.4. The van der Waals surface area contributed by atoms with Crippen LogP contribution in [0.15, 0.2) is 24.3 Å². The Balaban J connectivity index is 4.31. The number of nitrogens with one attached hydrogen (secondary N) is 1. The lowest BCUT2D eigenvalue weighted by Crippen LogP contribution is -2.46. The van der Waals surface area contributed by atoms with Gasteiger partial charge in [-0.05, 0) is 38.5 Å². The van der Waals surface area contributed by atoms with Crippen molar-refractivity contribution in [2.45, 2.75) is 231 Å². The lowest BCUT2D eigenvalue weighted by atomic mass is 10.0. The van der Waals surface area contributed by atoms with Gasteiger partial charge in [-0.15, -0.1) is 0 Å². The van der Waals surface area contributed by atoms with Crippen LogP contribution < -0.4 is 5.32 Å².